The Bertz CT molecular complexity index is 611. The first-order chi connectivity index (χ1) is 9.58. The summed E-state index contributed by atoms with van der Waals surface area (Å²) >= 11 is 0. The van der Waals surface area contributed by atoms with Crippen LogP contribution >= 0.6 is 0 Å². The maximum Gasteiger partial charge on any atom is 0.228 e. The number of halogens is 1. The Kier molecular flexibility index (Phi) is 4.48. The Morgan fingerprint density at radius 3 is 2.55 bits per heavy atom. The van der Waals surface area contributed by atoms with E-state index in [9.17, 15) is 14.3 Å². The normalized spacial score (nSPS) is 11.9. The minimum atomic E-state index is -0.681. The van der Waals surface area contributed by atoms with E-state index in [1.807, 2.05) is 0 Å². The molecule has 0 bridgehead atoms. The fourth-order valence-electron chi connectivity index (χ4n) is 1.98. The van der Waals surface area contributed by atoms with Gasteiger partial charge in [0.2, 0.25) is 5.91 Å². The van der Waals surface area contributed by atoms with Crippen LogP contribution in [0.15, 0.2) is 48.5 Å². The molecule has 0 aliphatic rings. The molecule has 2 rings (SSSR count). The van der Waals surface area contributed by atoms with Gasteiger partial charge in [-0.3, -0.25) is 4.79 Å². The first kappa shape index (κ1) is 14.2. The maximum atomic E-state index is 13.5. The van der Waals surface area contributed by atoms with Gasteiger partial charge in [-0.2, -0.15) is 0 Å². The molecule has 0 aliphatic heterocycles. The van der Waals surface area contributed by atoms with Crippen LogP contribution in [0.3, 0.4) is 0 Å². The van der Waals surface area contributed by atoms with Crippen molar-refractivity contribution >= 4 is 11.6 Å². The van der Waals surface area contributed by atoms with E-state index in [1.54, 1.807) is 49.4 Å². The number of carbonyl (C=O) groups excluding carboxylic acids is 1. The van der Waals surface area contributed by atoms with Gasteiger partial charge in [-0.1, -0.05) is 36.4 Å². The van der Waals surface area contributed by atoms with Gasteiger partial charge in [0.05, 0.1) is 12.5 Å². The predicted octanol–water partition coefficient (Wildman–Crippen LogP) is 3.06. The van der Waals surface area contributed by atoms with Crippen LogP contribution in [-0.2, 0) is 11.2 Å². The van der Waals surface area contributed by atoms with Gasteiger partial charge in [-0.25, -0.2) is 4.39 Å². The van der Waals surface area contributed by atoms with Crippen molar-refractivity contribution in [3.05, 3.63) is 65.5 Å². The van der Waals surface area contributed by atoms with E-state index in [-0.39, 0.29) is 12.3 Å². The highest BCUT2D eigenvalue weighted by molar-refractivity contribution is 5.93. The summed E-state index contributed by atoms with van der Waals surface area (Å²) in [6.07, 6.45) is -0.721. The number of rotatable bonds is 4. The van der Waals surface area contributed by atoms with Gasteiger partial charge in [-0.15, -0.1) is 0 Å². The molecule has 2 N–H and O–H groups in total. The number of anilines is 1. The van der Waals surface area contributed by atoms with E-state index in [1.165, 1.54) is 6.07 Å². The van der Waals surface area contributed by atoms with E-state index < -0.39 is 11.9 Å². The number of nitrogens with one attached hydrogen (secondary N) is 1. The van der Waals surface area contributed by atoms with E-state index in [0.717, 1.165) is 0 Å². The summed E-state index contributed by atoms with van der Waals surface area (Å²) in [5.74, 6) is -0.713. The van der Waals surface area contributed by atoms with Crippen LogP contribution < -0.4 is 5.32 Å². The fourth-order valence-corrected chi connectivity index (χ4v) is 1.98. The molecule has 0 spiro atoms. The van der Waals surface area contributed by atoms with E-state index in [4.69, 9.17) is 0 Å². The second kappa shape index (κ2) is 6.30. The predicted molar refractivity (Wildman–Crippen MR) is 75.8 cm³/mol. The Morgan fingerprint density at radius 2 is 1.85 bits per heavy atom. The molecular weight excluding hydrogens is 257 g/mol. The molecule has 4 heteroatoms. The number of hydrogen-bond donors (Lipinski definition) is 2. The summed E-state index contributed by atoms with van der Waals surface area (Å²) in [5.41, 5.74) is 1.53. The van der Waals surface area contributed by atoms with Crippen LogP contribution in [0.1, 0.15) is 24.2 Å². The van der Waals surface area contributed by atoms with Crippen LogP contribution in [0.2, 0.25) is 0 Å². The molecule has 0 heterocycles. The average Bonchev–Trinajstić information content (AvgIpc) is 2.41. The third-order valence-electron chi connectivity index (χ3n) is 2.99. The Morgan fingerprint density at radius 1 is 1.20 bits per heavy atom. The van der Waals surface area contributed by atoms with Gasteiger partial charge in [0, 0.05) is 11.3 Å². The highest BCUT2D eigenvalue weighted by Crippen LogP contribution is 2.22. The number of carbonyl (C=O) groups is 1. The Hall–Kier alpha value is -2.20. The van der Waals surface area contributed by atoms with Gasteiger partial charge in [0.1, 0.15) is 5.82 Å². The van der Waals surface area contributed by atoms with Gasteiger partial charge < -0.3 is 10.4 Å². The van der Waals surface area contributed by atoms with Gasteiger partial charge >= 0.3 is 0 Å². The molecule has 2 aromatic rings. The number of aliphatic hydroxyl groups excluding tert-OH is 1. The summed E-state index contributed by atoms with van der Waals surface area (Å²) in [6.45, 7) is 1.63. The molecule has 104 valence electrons. The summed E-state index contributed by atoms with van der Waals surface area (Å²) < 4.78 is 13.5. The largest absolute Gasteiger partial charge is 0.389 e. The molecule has 0 fully saturated rings. The summed E-state index contributed by atoms with van der Waals surface area (Å²) in [6, 6.07) is 13.2. The fraction of sp³-hybridized carbons (Fsp3) is 0.188. The molecule has 1 unspecified atom stereocenters. The van der Waals surface area contributed by atoms with Crippen molar-refractivity contribution in [1.82, 2.24) is 0 Å². The lowest BCUT2D eigenvalue weighted by atomic mass is 10.1. The maximum absolute atomic E-state index is 13.5. The second-order valence-corrected chi connectivity index (χ2v) is 4.58. The molecule has 20 heavy (non-hydrogen) atoms. The molecule has 0 saturated heterocycles. The van der Waals surface area contributed by atoms with Gasteiger partial charge in [-0.05, 0) is 24.6 Å². The van der Waals surface area contributed by atoms with E-state index in [0.29, 0.717) is 16.8 Å². The van der Waals surface area contributed by atoms with Crippen LogP contribution in [-0.4, -0.2) is 11.0 Å². The second-order valence-electron chi connectivity index (χ2n) is 4.58. The third-order valence-corrected chi connectivity index (χ3v) is 2.99. The minimum Gasteiger partial charge on any atom is -0.389 e. The SMILES string of the molecule is CC(O)c1ccccc1NC(=O)Cc1ccccc1F. The molecule has 0 saturated carbocycles. The van der Waals surface area contributed by atoms with E-state index >= 15 is 0 Å². The lowest BCUT2D eigenvalue weighted by Crippen LogP contribution is -2.16. The summed E-state index contributed by atoms with van der Waals surface area (Å²) in [7, 11) is 0. The monoisotopic (exact) mass is 273 g/mol. The topological polar surface area (TPSA) is 49.3 Å². The van der Waals surface area contributed by atoms with Crippen molar-refractivity contribution in [3.8, 4) is 0 Å². The van der Waals surface area contributed by atoms with Crippen molar-refractivity contribution in [2.75, 3.05) is 5.32 Å². The van der Waals surface area contributed by atoms with Crippen molar-refractivity contribution in [1.29, 1.82) is 0 Å². The molecular formula is C16H16FNO2. The summed E-state index contributed by atoms with van der Waals surface area (Å²) in [5, 5.41) is 12.3. The lowest BCUT2D eigenvalue weighted by molar-refractivity contribution is -0.115. The first-order valence-corrected chi connectivity index (χ1v) is 6.38. The number of para-hydroxylation sites is 1. The number of hydrogen-bond acceptors (Lipinski definition) is 2. The molecule has 0 aliphatic carbocycles. The zero-order chi connectivity index (χ0) is 14.5. The molecule has 3 nitrogen and oxygen atoms in total. The Balaban J connectivity index is 2.11. The van der Waals surface area contributed by atoms with Crippen molar-refractivity contribution in [3.63, 3.8) is 0 Å². The molecule has 1 amide bonds. The highest BCUT2D eigenvalue weighted by atomic mass is 19.1. The van der Waals surface area contributed by atoms with Crippen LogP contribution in [0.4, 0.5) is 10.1 Å². The number of aliphatic hydroxyl groups is 1. The van der Waals surface area contributed by atoms with Gasteiger partial charge in [0.15, 0.2) is 0 Å². The van der Waals surface area contributed by atoms with Crippen LogP contribution in [0, 0.1) is 5.82 Å². The molecule has 1 atom stereocenters. The summed E-state index contributed by atoms with van der Waals surface area (Å²) in [4.78, 5) is 11.9. The van der Waals surface area contributed by atoms with Crippen LogP contribution in [0.25, 0.3) is 0 Å². The number of amides is 1. The van der Waals surface area contributed by atoms with Gasteiger partial charge in [0.25, 0.3) is 0 Å². The third kappa shape index (κ3) is 3.42. The Labute approximate surface area is 117 Å². The van der Waals surface area contributed by atoms with Crippen molar-refractivity contribution < 1.29 is 14.3 Å². The quantitative estimate of drug-likeness (QED) is 0.899. The standard InChI is InChI=1S/C16H16FNO2/c1-11(19)13-7-3-5-9-15(13)18-16(20)10-12-6-2-4-8-14(12)17/h2-9,11,19H,10H2,1H3,(H,18,20). The smallest absolute Gasteiger partial charge is 0.228 e. The molecule has 0 aromatic heterocycles. The zero-order valence-corrected chi connectivity index (χ0v) is 11.1. The first-order valence-electron chi connectivity index (χ1n) is 6.38. The van der Waals surface area contributed by atoms with E-state index in [2.05, 4.69) is 5.32 Å². The molecule has 0 radical (unpaired) electrons. The zero-order valence-electron chi connectivity index (χ0n) is 11.1. The average molecular weight is 273 g/mol. The molecule has 2 aromatic carbocycles. The number of benzene rings is 2. The van der Waals surface area contributed by atoms with Crippen molar-refractivity contribution in [2.45, 2.75) is 19.4 Å². The highest BCUT2D eigenvalue weighted by Gasteiger charge is 2.12. The van der Waals surface area contributed by atoms with Crippen LogP contribution in [0.5, 0.6) is 0 Å². The van der Waals surface area contributed by atoms with Crippen molar-refractivity contribution in [2.24, 2.45) is 0 Å². The lowest BCUT2D eigenvalue weighted by Gasteiger charge is -2.13. The minimum absolute atomic E-state index is 0.0409.